The first-order valence-corrected chi connectivity index (χ1v) is 7.52. The van der Waals surface area contributed by atoms with Gasteiger partial charge in [0.15, 0.2) is 0 Å². The van der Waals surface area contributed by atoms with Crippen LogP contribution in [0.1, 0.15) is 37.4 Å². The maximum Gasteiger partial charge on any atom is 0.322 e. The number of carbonyl (C=O) groups is 3. The van der Waals surface area contributed by atoms with E-state index in [0.29, 0.717) is 25.4 Å². The van der Waals surface area contributed by atoms with Crippen LogP contribution >= 0.6 is 0 Å². The van der Waals surface area contributed by atoms with E-state index in [-0.39, 0.29) is 18.2 Å². The van der Waals surface area contributed by atoms with Crippen molar-refractivity contribution in [2.24, 2.45) is 0 Å². The summed E-state index contributed by atoms with van der Waals surface area (Å²) in [6.07, 6.45) is 5.75. The van der Waals surface area contributed by atoms with E-state index >= 15 is 0 Å². The van der Waals surface area contributed by atoms with Crippen LogP contribution in [0.2, 0.25) is 0 Å². The summed E-state index contributed by atoms with van der Waals surface area (Å²) in [5, 5.41) is 4.75. The number of H-pyrrole nitrogens is 1. The van der Waals surface area contributed by atoms with Crippen molar-refractivity contribution in [2.75, 3.05) is 13.1 Å². The van der Waals surface area contributed by atoms with Crippen LogP contribution in [0.25, 0.3) is 0 Å². The molecule has 118 valence electrons. The molecule has 8 nitrogen and oxygen atoms in total. The van der Waals surface area contributed by atoms with Crippen molar-refractivity contribution < 1.29 is 14.4 Å². The summed E-state index contributed by atoms with van der Waals surface area (Å²) >= 11 is 0. The minimum atomic E-state index is -0.619. The van der Waals surface area contributed by atoms with Gasteiger partial charge in [-0.05, 0) is 19.3 Å². The molecular formula is C14H19N5O3. The van der Waals surface area contributed by atoms with Gasteiger partial charge >= 0.3 is 6.03 Å². The summed E-state index contributed by atoms with van der Waals surface area (Å²) in [4.78, 5) is 44.4. The van der Waals surface area contributed by atoms with Crippen molar-refractivity contribution in [3.63, 3.8) is 0 Å². The quantitative estimate of drug-likeness (QED) is 0.720. The minimum absolute atomic E-state index is 0.109. The molecule has 3 N–H and O–H groups in total. The van der Waals surface area contributed by atoms with Crippen LogP contribution in [0.15, 0.2) is 12.4 Å². The van der Waals surface area contributed by atoms with Gasteiger partial charge in [0.25, 0.3) is 0 Å². The second kappa shape index (κ2) is 6.17. The third-order valence-corrected chi connectivity index (χ3v) is 4.23. The Morgan fingerprint density at radius 2 is 2.00 bits per heavy atom. The fourth-order valence-corrected chi connectivity index (χ4v) is 3.01. The molecule has 4 amide bonds. The van der Waals surface area contributed by atoms with E-state index in [2.05, 4.69) is 20.6 Å². The van der Waals surface area contributed by atoms with E-state index in [1.54, 1.807) is 17.3 Å². The highest BCUT2D eigenvalue weighted by Crippen LogP contribution is 2.25. The molecule has 0 bridgehead atoms. The lowest BCUT2D eigenvalue weighted by Gasteiger charge is -2.33. The number of amides is 4. The zero-order valence-corrected chi connectivity index (χ0v) is 12.2. The molecule has 3 heterocycles. The predicted octanol–water partition coefficient (Wildman–Crippen LogP) is 0.104. The third-order valence-electron chi connectivity index (χ3n) is 4.23. The monoisotopic (exact) mass is 305 g/mol. The van der Waals surface area contributed by atoms with Crippen molar-refractivity contribution in [1.29, 1.82) is 0 Å². The van der Waals surface area contributed by atoms with Gasteiger partial charge in [-0.3, -0.25) is 14.9 Å². The molecule has 2 fully saturated rings. The first kappa shape index (κ1) is 14.6. The molecule has 22 heavy (non-hydrogen) atoms. The maximum absolute atomic E-state index is 12.5. The molecule has 1 atom stereocenters. The number of urea groups is 1. The largest absolute Gasteiger partial charge is 0.348 e. The number of piperidine rings is 1. The van der Waals surface area contributed by atoms with Crippen LogP contribution in [0, 0.1) is 0 Å². The standard InChI is InChI=1S/C14H19N5O3/c20-11-2-1-10(17-14(22)18-11)13(21)19-7-3-9(4-8-19)12-15-5-6-16-12/h5-6,9-10H,1-4,7-8H2,(H,15,16)(H2,17,18,20,22)/t10-/m1/s1. The Bertz CT molecular complexity index is 563. The number of nitrogens with zero attached hydrogens (tertiary/aromatic N) is 2. The first-order chi connectivity index (χ1) is 10.6. The highest BCUT2D eigenvalue weighted by atomic mass is 16.2. The molecule has 1 aromatic rings. The van der Waals surface area contributed by atoms with Crippen molar-refractivity contribution >= 4 is 17.8 Å². The zero-order valence-electron chi connectivity index (χ0n) is 12.2. The van der Waals surface area contributed by atoms with E-state index in [4.69, 9.17) is 0 Å². The normalized spacial score (nSPS) is 23.6. The van der Waals surface area contributed by atoms with Crippen LogP contribution in [-0.2, 0) is 9.59 Å². The second-order valence-corrected chi connectivity index (χ2v) is 5.69. The van der Waals surface area contributed by atoms with Gasteiger partial charge in [-0.25, -0.2) is 9.78 Å². The third kappa shape index (κ3) is 3.10. The van der Waals surface area contributed by atoms with E-state index in [0.717, 1.165) is 18.7 Å². The number of hydrogen-bond acceptors (Lipinski definition) is 4. The van der Waals surface area contributed by atoms with E-state index < -0.39 is 12.1 Å². The summed E-state index contributed by atoms with van der Waals surface area (Å²) in [6.45, 7) is 1.27. The second-order valence-electron chi connectivity index (χ2n) is 5.69. The molecule has 2 saturated heterocycles. The number of nitrogens with one attached hydrogen (secondary N) is 3. The van der Waals surface area contributed by atoms with E-state index in [1.807, 2.05) is 0 Å². The van der Waals surface area contributed by atoms with Gasteiger partial charge in [0.1, 0.15) is 11.9 Å². The van der Waals surface area contributed by atoms with Crippen molar-refractivity contribution in [2.45, 2.75) is 37.6 Å². The van der Waals surface area contributed by atoms with Crippen LogP contribution < -0.4 is 10.6 Å². The van der Waals surface area contributed by atoms with Gasteiger partial charge in [0, 0.05) is 37.8 Å². The lowest BCUT2D eigenvalue weighted by molar-refractivity contribution is -0.134. The molecule has 0 aliphatic carbocycles. The van der Waals surface area contributed by atoms with Gasteiger partial charge in [-0.1, -0.05) is 0 Å². The van der Waals surface area contributed by atoms with E-state index in [1.165, 1.54) is 0 Å². The summed E-state index contributed by atoms with van der Waals surface area (Å²) in [5.41, 5.74) is 0. The van der Waals surface area contributed by atoms with Gasteiger partial charge in [-0.2, -0.15) is 0 Å². The van der Waals surface area contributed by atoms with Crippen LogP contribution in [0.5, 0.6) is 0 Å². The van der Waals surface area contributed by atoms with Crippen molar-refractivity contribution in [3.05, 3.63) is 18.2 Å². The zero-order chi connectivity index (χ0) is 15.5. The molecule has 0 radical (unpaired) electrons. The Morgan fingerprint density at radius 3 is 2.68 bits per heavy atom. The Balaban J connectivity index is 1.57. The lowest BCUT2D eigenvalue weighted by Crippen LogP contribution is -2.51. The molecule has 0 aromatic carbocycles. The fourth-order valence-electron chi connectivity index (χ4n) is 3.01. The Hall–Kier alpha value is -2.38. The average Bonchev–Trinajstić information content (AvgIpc) is 2.99. The first-order valence-electron chi connectivity index (χ1n) is 7.52. The van der Waals surface area contributed by atoms with Crippen LogP contribution in [-0.4, -0.2) is 51.8 Å². The maximum atomic E-state index is 12.5. The van der Waals surface area contributed by atoms with Crippen LogP contribution in [0.3, 0.4) is 0 Å². The van der Waals surface area contributed by atoms with Crippen molar-refractivity contribution in [1.82, 2.24) is 25.5 Å². The molecule has 0 saturated carbocycles. The topological polar surface area (TPSA) is 107 Å². The van der Waals surface area contributed by atoms with Crippen LogP contribution in [0.4, 0.5) is 4.79 Å². The minimum Gasteiger partial charge on any atom is -0.348 e. The molecule has 2 aliphatic rings. The molecule has 2 aliphatic heterocycles. The van der Waals surface area contributed by atoms with Gasteiger partial charge in [-0.15, -0.1) is 0 Å². The Kier molecular flexibility index (Phi) is 4.08. The lowest BCUT2D eigenvalue weighted by atomic mass is 9.95. The van der Waals surface area contributed by atoms with Gasteiger partial charge < -0.3 is 15.2 Å². The summed E-state index contributed by atoms with van der Waals surface area (Å²) in [6, 6.07) is -1.21. The highest BCUT2D eigenvalue weighted by molar-refractivity contribution is 5.98. The fraction of sp³-hybridized carbons (Fsp3) is 0.571. The molecule has 8 heteroatoms. The number of rotatable bonds is 2. The molecular weight excluding hydrogens is 286 g/mol. The molecule has 0 unspecified atom stereocenters. The molecule has 0 spiro atoms. The molecule has 3 rings (SSSR count). The summed E-state index contributed by atoms with van der Waals surface area (Å²) < 4.78 is 0. The smallest absolute Gasteiger partial charge is 0.322 e. The number of aromatic amines is 1. The number of aromatic nitrogens is 2. The Morgan fingerprint density at radius 1 is 1.23 bits per heavy atom. The van der Waals surface area contributed by atoms with Crippen molar-refractivity contribution in [3.8, 4) is 0 Å². The summed E-state index contributed by atoms with van der Waals surface area (Å²) in [5.74, 6) is 0.850. The number of likely N-dealkylation sites (tertiary alicyclic amines) is 1. The highest BCUT2D eigenvalue weighted by Gasteiger charge is 2.32. The number of imidazole rings is 1. The number of carbonyl (C=O) groups excluding carboxylic acids is 3. The van der Waals surface area contributed by atoms with E-state index in [9.17, 15) is 14.4 Å². The number of imide groups is 1. The Labute approximate surface area is 127 Å². The predicted molar refractivity (Wildman–Crippen MR) is 76.8 cm³/mol. The molecule has 1 aromatic heterocycles. The van der Waals surface area contributed by atoms with Gasteiger partial charge in [0.05, 0.1) is 0 Å². The number of hydrogen-bond donors (Lipinski definition) is 3. The SMILES string of the molecule is O=C1CC[C@H](C(=O)N2CCC(c3ncc[nH]3)CC2)NC(=O)N1. The summed E-state index contributed by atoms with van der Waals surface area (Å²) in [7, 11) is 0. The average molecular weight is 305 g/mol. The van der Waals surface area contributed by atoms with Gasteiger partial charge in [0.2, 0.25) is 11.8 Å².